The van der Waals surface area contributed by atoms with Gasteiger partial charge in [0.1, 0.15) is 11.6 Å². The molecular formula is C13H23NO6. The van der Waals surface area contributed by atoms with Gasteiger partial charge in [-0.05, 0) is 27.2 Å². The van der Waals surface area contributed by atoms with Crippen LogP contribution in [-0.2, 0) is 23.8 Å². The molecule has 0 aliphatic rings. The van der Waals surface area contributed by atoms with E-state index in [4.69, 9.17) is 4.74 Å². The van der Waals surface area contributed by atoms with Crippen LogP contribution in [0.4, 0.5) is 4.79 Å². The van der Waals surface area contributed by atoms with E-state index in [-0.39, 0.29) is 6.42 Å². The summed E-state index contributed by atoms with van der Waals surface area (Å²) in [5, 5.41) is 2.39. The first kappa shape index (κ1) is 18.2. The highest BCUT2D eigenvalue weighted by Gasteiger charge is 2.29. The zero-order valence-corrected chi connectivity index (χ0v) is 12.8. The Kier molecular flexibility index (Phi) is 7.02. The van der Waals surface area contributed by atoms with Crippen LogP contribution in [0.15, 0.2) is 0 Å². The molecule has 0 saturated heterocycles. The molecule has 0 rings (SSSR count). The molecule has 0 bridgehead atoms. The predicted molar refractivity (Wildman–Crippen MR) is 71.0 cm³/mol. The molecule has 0 heterocycles. The molecule has 7 heteroatoms. The van der Waals surface area contributed by atoms with Crippen molar-refractivity contribution >= 4 is 18.0 Å². The lowest BCUT2D eigenvalue weighted by Crippen LogP contribution is -2.45. The molecule has 20 heavy (non-hydrogen) atoms. The van der Waals surface area contributed by atoms with Gasteiger partial charge in [-0.2, -0.15) is 0 Å². The molecule has 1 amide bonds. The number of rotatable bonds is 5. The van der Waals surface area contributed by atoms with Crippen molar-refractivity contribution in [3.05, 3.63) is 0 Å². The number of amides is 1. The minimum absolute atomic E-state index is 0.0680. The van der Waals surface area contributed by atoms with E-state index >= 15 is 0 Å². The van der Waals surface area contributed by atoms with Crippen LogP contribution >= 0.6 is 0 Å². The van der Waals surface area contributed by atoms with E-state index in [1.165, 1.54) is 14.2 Å². The third-order valence-electron chi connectivity index (χ3n) is 2.37. The van der Waals surface area contributed by atoms with Crippen LogP contribution in [0.5, 0.6) is 0 Å². The van der Waals surface area contributed by atoms with E-state index in [0.717, 1.165) is 0 Å². The molecule has 0 aromatic carbocycles. The number of carbonyl (C=O) groups is 3. The van der Waals surface area contributed by atoms with Crippen molar-refractivity contribution in [2.75, 3.05) is 14.2 Å². The summed E-state index contributed by atoms with van der Waals surface area (Å²) in [4.78, 5) is 34.6. The lowest BCUT2D eigenvalue weighted by molar-refractivity contribution is -0.147. The Morgan fingerprint density at radius 3 is 1.95 bits per heavy atom. The zero-order chi connectivity index (χ0) is 15.9. The van der Waals surface area contributed by atoms with Crippen molar-refractivity contribution in [1.29, 1.82) is 0 Å². The van der Waals surface area contributed by atoms with Gasteiger partial charge in [0.15, 0.2) is 0 Å². The topological polar surface area (TPSA) is 90.9 Å². The zero-order valence-electron chi connectivity index (χ0n) is 12.8. The third-order valence-corrected chi connectivity index (χ3v) is 2.37. The van der Waals surface area contributed by atoms with Gasteiger partial charge < -0.3 is 19.5 Å². The molecule has 0 spiro atoms. The summed E-state index contributed by atoms with van der Waals surface area (Å²) in [6.45, 7) is 6.71. The number of hydrogen-bond donors (Lipinski definition) is 1. The van der Waals surface area contributed by atoms with E-state index in [1.807, 2.05) is 0 Å². The summed E-state index contributed by atoms with van der Waals surface area (Å²) in [5.74, 6) is -1.67. The van der Waals surface area contributed by atoms with Crippen LogP contribution in [0.3, 0.4) is 0 Å². The van der Waals surface area contributed by atoms with Crippen LogP contribution in [0.1, 0.15) is 34.1 Å². The summed E-state index contributed by atoms with van der Waals surface area (Å²) in [5.41, 5.74) is -0.682. The van der Waals surface area contributed by atoms with Crippen LogP contribution in [-0.4, -0.2) is 43.9 Å². The second-order valence-electron chi connectivity index (χ2n) is 5.38. The minimum Gasteiger partial charge on any atom is -0.469 e. The number of carbonyl (C=O) groups excluding carboxylic acids is 3. The summed E-state index contributed by atoms with van der Waals surface area (Å²) in [6.07, 6.45) is -0.677. The Hall–Kier alpha value is -1.79. The summed E-state index contributed by atoms with van der Waals surface area (Å²) in [6, 6.07) is -0.969. The Morgan fingerprint density at radius 1 is 1.05 bits per heavy atom. The van der Waals surface area contributed by atoms with E-state index in [9.17, 15) is 14.4 Å². The molecule has 1 N–H and O–H groups in total. The molecule has 116 valence electrons. The molecule has 0 aromatic rings. The number of methoxy groups -OCH3 is 2. The van der Waals surface area contributed by atoms with Crippen molar-refractivity contribution in [3.8, 4) is 0 Å². The molecule has 0 radical (unpaired) electrons. The third kappa shape index (κ3) is 6.96. The van der Waals surface area contributed by atoms with Gasteiger partial charge in [-0.25, -0.2) is 9.59 Å². The van der Waals surface area contributed by atoms with Crippen molar-refractivity contribution < 1.29 is 28.6 Å². The molecule has 0 unspecified atom stereocenters. The standard InChI is InChI=1S/C13H23NO6/c1-8(10(15)18-5)7-9(11(16)19-6)14-12(17)20-13(2,3)4/h8-9H,7H2,1-6H3,(H,14,17)/t8-,9-/m0/s1. The quantitative estimate of drug-likeness (QED) is 0.605. The van der Waals surface area contributed by atoms with Crippen molar-refractivity contribution in [2.24, 2.45) is 5.92 Å². The van der Waals surface area contributed by atoms with Gasteiger partial charge in [0.2, 0.25) is 0 Å². The summed E-state index contributed by atoms with van der Waals surface area (Å²) >= 11 is 0. The monoisotopic (exact) mass is 289 g/mol. The van der Waals surface area contributed by atoms with Crippen molar-refractivity contribution in [3.63, 3.8) is 0 Å². The number of hydrogen-bond acceptors (Lipinski definition) is 6. The van der Waals surface area contributed by atoms with E-state index < -0.39 is 35.6 Å². The fourth-order valence-corrected chi connectivity index (χ4v) is 1.46. The summed E-state index contributed by atoms with van der Waals surface area (Å²) in [7, 11) is 2.46. The molecule has 2 atom stereocenters. The second kappa shape index (κ2) is 7.72. The number of nitrogens with one attached hydrogen (secondary N) is 1. The smallest absolute Gasteiger partial charge is 0.408 e. The van der Waals surface area contributed by atoms with Crippen LogP contribution in [0.2, 0.25) is 0 Å². The maximum atomic E-state index is 11.7. The van der Waals surface area contributed by atoms with Crippen LogP contribution in [0.25, 0.3) is 0 Å². The van der Waals surface area contributed by atoms with Gasteiger partial charge in [0, 0.05) is 0 Å². The fraction of sp³-hybridized carbons (Fsp3) is 0.769. The number of esters is 2. The first-order valence-corrected chi connectivity index (χ1v) is 6.26. The van der Waals surface area contributed by atoms with Crippen molar-refractivity contribution in [1.82, 2.24) is 5.32 Å². The van der Waals surface area contributed by atoms with Crippen LogP contribution in [0, 0.1) is 5.92 Å². The molecule has 7 nitrogen and oxygen atoms in total. The number of alkyl carbamates (subject to hydrolysis) is 1. The average molecular weight is 289 g/mol. The Balaban J connectivity index is 4.70. The summed E-state index contributed by atoms with van der Waals surface area (Å²) < 4.78 is 14.2. The minimum atomic E-state index is -0.969. The van der Waals surface area contributed by atoms with Crippen molar-refractivity contribution in [2.45, 2.75) is 45.8 Å². The van der Waals surface area contributed by atoms with Gasteiger partial charge >= 0.3 is 18.0 Å². The maximum Gasteiger partial charge on any atom is 0.408 e. The second-order valence-corrected chi connectivity index (χ2v) is 5.38. The molecule has 0 aliphatic heterocycles. The lowest BCUT2D eigenvalue weighted by atomic mass is 10.0. The maximum absolute atomic E-state index is 11.7. The van der Waals surface area contributed by atoms with E-state index in [2.05, 4.69) is 14.8 Å². The SMILES string of the molecule is COC(=O)[C@H](C[C@H](C)C(=O)OC)NC(=O)OC(C)(C)C. The van der Waals surface area contributed by atoms with E-state index in [1.54, 1.807) is 27.7 Å². The fourth-order valence-electron chi connectivity index (χ4n) is 1.46. The highest BCUT2D eigenvalue weighted by molar-refractivity contribution is 5.82. The molecule has 0 aromatic heterocycles. The lowest BCUT2D eigenvalue weighted by Gasteiger charge is -2.23. The first-order valence-electron chi connectivity index (χ1n) is 6.26. The number of ether oxygens (including phenoxy) is 3. The van der Waals surface area contributed by atoms with E-state index in [0.29, 0.717) is 0 Å². The van der Waals surface area contributed by atoms with Crippen LogP contribution < -0.4 is 5.32 Å². The van der Waals surface area contributed by atoms with Gasteiger partial charge in [-0.3, -0.25) is 4.79 Å². The largest absolute Gasteiger partial charge is 0.469 e. The Bertz CT molecular complexity index is 360. The highest BCUT2D eigenvalue weighted by Crippen LogP contribution is 2.11. The highest BCUT2D eigenvalue weighted by atomic mass is 16.6. The van der Waals surface area contributed by atoms with Gasteiger partial charge in [-0.1, -0.05) is 6.92 Å². The molecule has 0 saturated carbocycles. The van der Waals surface area contributed by atoms with Gasteiger partial charge in [0.05, 0.1) is 20.1 Å². The Morgan fingerprint density at radius 2 is 1.55 bits per heavy atom. The molecular weight excluding hydrogens is 266 g/mol. The first-order chi connectivity index (χ1) is 9.10. The molecule has 0 aliphatic carbocycles. The normalized spacial score (nSPS) is 13.9. The average Bonchev–Trinajstić information content (AvgIpc) is 2.33. The Labute approximate surface area is 118 Å². The van der Waals surface area contributed by atoms with Gasteiger partial charge in [0.25, 0.3) is 0 Å². The van der Waals surface area contributed by atoms with Gasteiger partial charge in [-0.15, -0.1) is 0 Å². The molecule has 0 fully saturated rings. The predicted octanol–water partition coefficient (Wildman–Crippen LogP) is 1.25.